The average molecular weight is 224 g/mol. The molecule has 0 aliphatic heterocycles. The highest BCUT2D eigenvalue weighted by Crippen LogP contribution is 2.26. The summed E-state index contributed by atoms with van der Waals surface area (Å²) < 4.78 is 38.6. The van der Waals surface area contributed by atoms with E-state index >= 15 is 0 Å². The molecule has 0 aromatic heterocycles. The second kappa shape index (κ2) is 3.89. The first kappa shape index (κ1) is 10.5. The predicted octanol–water partition coefficient (Wildman–Crippen LogP) is 3.48. The molecular weight excluding hydrogens is 217 g/mol. The summed E-state index contributed by atoms with van der Waals surface area (Å²) in [6.45, 7) is 0. The zero-order chi connectivity index (χ0) is 11.7. The predicted molar refractivity (Wildman–Crippen MR) is 53.4 cm³/mol. The topological polar surface area (TPSA) is 20.2 Å². The molecule has 0 aliphatic rings. The first-order valence-corrected chi connectivity index (χ1v) is 4.52. The lowest BCUT2D eigenvalue weighted by Gasteiger charge is -2.04. The first-order chi connectivity index (χ1) is 7.58. The van der Waals surface area contributed by atoms with Crippen molar-refractivity contribution in [3.63, 3.8) is 0 Å². The Morgan fingerprint density at radius 2 is 1.44 bits per heavy atom. The van der Waals surface area contributed by atoms with Gasteiger partial charge in [-0.2, -0.15) is 0 Å². The molecule has 0 spiro atoms. The average Bonchev–Trinajstić information content (AvgIpc) is 2.25. The van der Waals surface area contributed by atoms with Gasteiger partial charge in [0.15, 0.2) is 17.5 Å². The van der Waals surface area contributed by atoms with Crippen LogP contribution in [-0.2, 0) is 0 Å². The highest BCUT2D eigenvalue weighted by Gasteiger charge is 2.11. The smallest absolute Gasteiger partial charge is 0.194 e. The van der Waals surface area contributed by atoms with E-state index in [0.717, 1.165) is 12.1 Å². The van der Waals surface area contributed by atoms with Crippen LogP contribution in [0, 0.1) is 17.5 Å². The molecule has 0 fully saturated rings. The summed E-state index contributed by atoms with van der Waals surface area (Å²) in [5, 5.41) is 9.21. The number of rotatable bonds is 1. The third-order valence-electron chi connectivity index (χ3n) is 2.16. The van der Waals surface area contributed by atoms with Gasteiger partial charge in [-0.25, -0.2) is 13.2 Å². The van der Waals surface area contributed by atoms with Gasteiger partial charge in [-0.1, -0.05) is 12.1 Å². The van der Waals surface area contributed by atoms with Crippen molar-refractivity contribution in [1.82, 2.24) is 0 Å². The molecule has 1 nitrogen and oxygen atoms in total. The molecule has 0 radical (unpaired) electrons. The molecule has 4 heteroatoms. The number of halogens is 3. The number of benzene rings is 2. The van der Waals surface area contributed by atoms with E-state index in [0.29, 0.717) is 5.56 Å². The van der Waals surface area contributed by atoms with Crippen molar-refractivity contribution < 1.29 is 18.3 Å². The summed E-state index contributed by atoms with van der Waals surface area (Å²) in [4.78, 5) is 0. The maximum atomic E-state index is 12.9. The Hall–Kier alpha value is -1.97. The molecule has 0 amide bonds. The van der Waals surface area contributed by atoms with Gasteiger partial charge < -0.3 is 5.11 Å². The highest BCUT2D eigenvalue weighted by atomic mass is 19.2. The zero-order valence-electron chi connectivity index (χ0n) is 8.05. The van der Waals surface area contributed by atoms with Crippen LogP contribution in [0.15, 0.2) is 36.4 Å². The van der Waals surface area contributed by atoms with E-state index in [1.165, 1.54) is 18.2 Å². The Balaban J connectivity index is 2.57. The summed E-state index contributed by atoms with van der Waals surface area (Å²) in [7, 11) is 0. The van der Waals surface area contributed by atoms with Crippen molar-refractivity contribution in [2.45, 2.75) is 0 Å². The molecule has 16 heavy (non-hydrogen) atoms. The number of hydrogen-bond acceptors (Lipinski definition) is 1. The van der Waals surface area contributed by atoms with E-state index < -0.39 is 17.5 Å². The Labute approximate surface area is 89.8 Å². The van der Waals surface area contributed by atoms with Crippen LogP contribution in [0.25, 0.3) is 11.1 Å². The Morgan fingerprint density at radius 3 is 2.00 bits per heavy atom. The van der Waals surface area contributed by atoms with Gasteiger partial charge in [0.25, 0.3) is 0 Å². The van der Waals surface area contributed by atoms with E-state index in [1.807, 2.05) is 0 Å². The van der Waals surface area contributed by atoms with E-state index in [1.54, 1.807) is 6.07 Å². The van der Waals surface area contributed by atoms with Crippen LogP contribution in [0.1, 0.15) is 0 Å². The molecule has 0 heterocycles. The molecule has 2 aromatic rings. The van der Waals surface area contributed by atoms with Crippen LogP contribution in [0.5, 0.6) is 5.75 Å². The molecule has 0 aliphatic carbocycles. The largest absolute Gasteiger partial charge is 0.508 e. The molecule has 0 unspecified atom stereocenters. The van der Waals surface area contributed by atoms with Crippen molar-refractivity contribution in [3.05, 3.63) is 53.8 Å². The second-order valence-corrected chi connectivity index (χ2v) is 3.30. The van der Waals surface area contributed by atoms with Gasteiger partial charge in [0, 0.05) is 0 Å². The molecule has 0 atom stereocenters. The molecule has 1 N–H and O–H groups in total. The SMILES string of the molecule is Oc1cccc(-c2cc(F)c(F)c(F)c2)c1. The lowest BCUT2D eigenvalue weighted by Crippen LogP contribution is -1.91. The first-order valence-electron chi connectivity index (χ1n) is 4.52. The quantitative estimate of drug-likeness (QED) is 0.735. The number of hydrogen-bond donors (Lipinski definition) is 1. The number of aromatic hydroxyl groups is 1. The van der Waals surface area contributed by atoms with E-state index in [4.69, 9.17) is 0 Å². The van der Waals surface area contributed by atoms with Crippen LogP contribution >= 0.6 is 0 Å². The third-order valence-corrected chi connectivity index (χ3v) is 2.16. The summed E-state index contributed by atoms with van der Waals surface area (Å²) in [6.07, 6.45) is 0. The van der Waals surface area contributed by atoms with Crippen molar-refractivity contribution in [2.75, 3.05) is 0 Å². The van der Waals surface area contributed by atoms with Crippen molar-refractivity contribution in [2.24, 2.45) is 0 Å². The van der Waals surface area contributed by atoms with Gasteiger partial charge in [0.2, 0.25) is 0 Å². The number of phenolic OH excluding ortho intramolecular Hbond substituents is 1. The monoisotopic (exact) mass is 224 g/mol. The number of phenols is 1. The van der Waals surface area contributed by atoms with Gasteiger partial charge in [-0.3, -0.25) is 0 Å². The summed E-state index contributed by atoms with van der Waals surface area (Å²) in [6, 6.07) is 7.63. The van der Waals surface area contributed by atoms with Crippen LogP contribution in [-0.4, -0.2) is 5.11 Å². The fraction of sp³-hybridized carbons (Fsp3) is 0. The minimum absolute atomic E-state index is 0.0253. The van der Waals surface area contributed by atoms with Gasteiger partial charge in [0.05, 0.1) is 0 Å². The summed E-state index contributed by atoms with van der Waals surface area (Å²) >= 11 is 0. The maximum absolute atomic E-state index is 12.9. The van der Waals surface area contributed by atoms with E-state index in [2.05, 4.69) is 0 Å². The molecule has 2 rings (SSSR count). The summed E-state index contributed by atoms with van der Waals surface area (Å²) in [5.74, 6) is -4.02. The Morgan fingerprint density at radius 1 is 0.812 bits per heavy atom. The lowest BCUT2D eigenvalue weighted by atomic mass is 10.1. The fourth-order valence-corrected chi connectivity index (χ4v) is 1.41. The van der Waals surface area contributed by atoms with E-state index in [-0.39, 0.29) is 11.3 Å². The minimum Gasteiger partial charge on any atom is -0.508 e. The Kier molecular flexibility index (Phi) is 2.56. The molecule has 82 valence electrons. The van der Waals surface area contributed by atoms with Gasteiger partial charge in [0.1, 0.15) is 5.75 Å². The van der Waals surface area contributed by atoms with Gasteiger partial charge >= 0.3 is 0 Å². The Bertz CT molecular complexity index is 515. The molecule has 0 saturated carbocycles. The third kappa shape index (κ3) is 1.86. The molecular formula is C12H7F3O. The van der Waals surface area contributed by atoms with Crippen molar-refractivity contribution >= 4 is 0 Å². The van der Waals surface area contributed by atoms with Crippen molar-refractivity contribution in [1.29, 1.82) is 0 Å². The minimum atomic E-state index is -1.50. The van der Waals surface area contributed by atoms with Crippen LogP contribution in [0.3, 0.4) is 0 Å². The van der Waals surface area contributed by atoms with Crippen molar-refractivity contribution in [3.8, 4) is 16.9 Å². The van der Waals surface area contributed by atoms with Gasteiger partial charge in [-0.05, 0) is 35.4 Å². The molecule has 0 bridgehead atoms. The highest BCUT2D eigenvalue weighted by molar-refractivity contribution is 5.65. The van der Waals surface area contributed by atoms with Crippen LogP contribution in [0.4, 0.5) is 13.2 Å². The standard InChI is InChI=1S/C12H7F3O/c13-10-5-8(6-11(14)12(10)15)7-2-1-3-9(16)4-7/h1-6,16H. The zero-order valence-corrected chi connectivity index (χ0v) is 8.05. The van der Waals surface area contributed by atoms with E-state index in [9.17, 15) is 18.3 Å². The second-order valence-electron chi connectivity index (χ2n) is 3.30. The van der Waals surface area contributed by atoms with Crippen LogP contribution in [0.2, 0.25) is 0 Å². The maximum Gasteiger partial charge on any atom is 0.194 e. The van der Waals surface area contributed by atoms with Crippen LogP contribution < -0.4 is 0 Å². The fourth-order valence-electron chi connectivity index (χ4n) is 1.41. The summed E-state index contributed by atoms with van der Waals surface area (Å²) in [5.41, 5.74) is 0.588. The molecule has 0 saturated heterocycles. The van der Waals surface area contributed by atoms with Gasteiger partial charge in [-0.15, -0.1) is 0 Å². The molecule has 2 aromatic carbocycles. The lowest BCUT2D eigenvalue weighted by molar-refractivity contribution is 0.447. The normalized spacial score (nSPS) is 10.4.